The summed E-state index contributed by atoms with van der Waals surface area (Å²) >= 11 is 0. The van der Waals surface area contributed by atoms with Crippen molar-refractivity contribution in [3.63, 3.8) is 0 Å². The highest BCUT2D eigenvalue weighted by atomic mass is 32.2. The molecule has 13 heavy (non-hydrogen) atoms. The van der Waals surface area contributed by atoms with Crippen molar-refractivity contribution in [2.75, 3.05) is 33.2 Å². The molecular formula is C7H16O5S. The molecule has 0 aromatic rings. The Morgan fingerprint density at radius 2 is 1.92 bits per heavy atom. The van der Waals surface area contributed by atoms with E-state index >= 15 is 0 Å². The second-order valence-electron chi connectivity index (χ2n) is 2.66. The fraction of sp³-hybridized carbons (Fsp3) is 1.00. The van der Waals surface area contributed by atoms with Gasteiger partial charge in [-0.1, -0.05) is 0 Å². The number of ether oxygens (including phenoxy) is 2. The number of methoxy groups -OCH3 is 1. The zero-order chi connectivity index (χ0) is 10.3. The molecule has 0 bridgehead atoms. The van der Waals surface area contributed by atoms with Gasteiger partial charge in [-0.2, -0.15) is 8.42 Å². The molecule has 6 heteroatoms. The van der Waals surface area contributed by atoms with E-state index in [0.717, 1.165) is 6.26 Å². The number of hydrogen-bond donors (Lipinski definition) is 0. The third kappa shape index (κ3) is 9.75. The van der Waals surface area contributed by atoms with Gasteiger partial charge in [0, 0.05) is 7.11 Å². The molecule has 0 aliphatic heterocycles. The van der Waals surface area contributed by atoms with Crippen LogP contribution in [0.1, 0.15) is 6.92 Å². The predicted octanol–water partition coefficient (Wildman–Crippen LogP) is 0.0141. The summed E-state index contributed by atoms with van der Waals surface area (Å²) in [6.07, 6.45) is 0.763. The highest BCUT2D eigenvalue weighted by molar-refractivity contribution is 7.85. The van der Waals surface area contributed by atoms with Gasteiger partial charge in [-0.05, 0) is 6.92 Å². The van der Waals surface area contributed by atoms with Gasteiger partial charge in [0.1, 0.15) is 0 Å². The van der Waals surface area contributed by atoms with Crippen LogP contribution in [0.2, 0.25) is 0 Å². The second-order valence-corrected chi connectivity index (χ2v) is 4.31. The minimum absolute atomic E-state index is 0.0442. The van der Waals surface area contributed by atoms with E-state index in [-0.39, 0.29) is 12.7 Å². The van der Waals surface area contributed by atoms with Crippen molar-refractivity contribution in [2.24, 2.45) is 0 Å². The van der Waals surface area contributed by atoms with Crippen molar-refractivity contribution in [2.45, 2.75) is 13.0 Å². The molecule has 0 aromatic heterocycles. The van der Waals surface area contributed by atoms with Gasteiger partial charge in [-0.15, -0.1) is 0 Å². The summed E-state index contributed by atoms with van der Waals surface area (Å²) in [6.45, 7) is 2.71. The van der Waals surface area contributed by atoms with E-state index in [9.17, 15) is 8.42 Å². The molecule has 0 fully saturated rings. The van der Waals surface area contributed by atoms with Crippen molar-refractivity contribution in [3.05, 3.63) is 0 Å². The first-order valence-corrected chi connectivity index (χ1v) is 5.72. The van der Waals surface area contributed by atoms with Gasteiger partial charge in [-0.25, -0.2) is 0 Å². The Morgan fingerprint density at radius 3 is 2.38 bits per heavy atom. The lowest BCUT2D eigenvalue weighted by Gasteiger charge is -2.11. The van der Waals surface area contributed by atoms with Crippen molar-refractivity contribution in [3.8, 4) is 0 Å². The number of hydrogen-bond acceptors (Lipinski definition) is 5. The minimum Gasteiger partial charge on any atom is -0.382 e. The molecule has 1 unspecified atom stereocenters. The van der Waals surface area contributed by atoms with Gasteiger partial charge in [0.15, 0.2) is 0 Å². The Labute approximate surface area is 79.1 Å². The Kier molecular flexibility index (Phi) is 6.23. The van der Waals surface area contributed by atoms with Crippen LogP contribution in [-0.2, 0) is 23.8 Å². The minimum atomic E-state index is -3.36. The van der Waals surface area contributed by atoms with Crippen LogP contribution in [0, 0.1) is 0 Å². The van der Waals surface area contributed by atoms with Crippen LogP contribution >= 0.6 is 0 Å². The molecule has 0 aliphatic carbocycles. The average Bonchev–Trinajstić information content (AvgIpc) is 2.00. The molecule has 0 spiro atoms. The SMILES string of the molecule is COCCOC(C)COS(C)(=O)=O. The fourth-order valence-electron chi connectivity index (χ4n) is 0.600. The van der Waals surface area contributed by atoms with E-state index < -0.39 is 10.1 Å². The van der Waals surface area contributed by atoms with Crippen LogP contribution in [0.4, 0.5) is 0 Å². The first kappa shape index (κ1) is 12.8. The summed E-state index contributed by atoms with van der Waals surface area (Å²) in [4.78, 5) is 0. The lowest BCUT2D eigenvalue weighted by Crippen LogP contribution is -2.20. The van der Waals surface area contributed by atoms with Gasteiger partial charge >= 0.3 is 0 Å². The molecule has 0 saturated carbocycles. The molecule has 0 heterocycles. The summed E-state index contributed by atoms with van der Waals surface area (Å²) in [5.41, 5.74) is 0. The normalized spacial score (nSPS) is 14.4. The van der Waals surface area contributed by atoms with E-state index in [1.807, 2.05) is 0 Å². The monoisotopic (exact) mass is 212 g/mol. The molecule has 80 valence electrons. The maximum absolute atomic E-state index is 10.6. The number of rotatable bonds is 7. The zero-order valence-corrected chi connectivity index (χ0v) is 8.96. The Morgan fingerprint density at radius 1 is 1.31 bits per heavy atom. The van der Waals surface area contributed by atoms with E-state index in [1.54, 1.807) is 14.0 Å². The lowest BCUT2D eigenvalue weighted by atomic mass is 10.4. The Hall–Kier alpha value is -0.170. The molecule has 0 radical (unpaired) electrons. The largest absolute Gasteiger partial charge is 0.382 e. The summed E-state index contributed by atoms with van der Waals surface area (Å²) in [7, 11) is -1.79. The van der Waals surface area contributed by atoms with Crippen molar-refractivity contribution < 1.29 is 22.1 Å². The first-order valence-electron chi connectivity index (χ1n) is 3.90. The van der Waals surface area contributed by atoms with E-state index in [1.165, 1.54) is 0 Å². The van der Waals surface area contributed by atoms with Crippen molar-refractivity contribution >= 4 is 10.1 Å². The van der Waals surface area contributed by atoms with Crippen LogP contribution in [0.15, 0.2) is 0 Å². The highest BCUT2D eigenvalue weighted by Gasteiger charge is 2.07. The van der Waals surface area contributed by atoms with Crippen LogP contribution in [0.3, 0.4) is 0 Å². The summed E-state index contributed by atoms with van der Waals surface area (Å²) in [5, 5.41) is 0. The molecular weight excluding hydrogens is 196 g/mol. The van der Waals surface area contributed by atoms with E-state index in [2.05, 4.69) is 4.18 Å². The lowest BCUT2D eigenvalue weighted by molar-refractivity contribution is 0.00556. The van der Waals surface area contributed by atoms with Crippen LogP contribution in [0.25, 0.3) is 0 Å². The molecule has 0 amide bonds. The summed E-state index contributed by atoms with van der Waals surface area (Å²) in [6, 6.07) is 0. The van der Waals surface area contributed by atoms with Crippen LogP contribution in [0.5, 0.6) is 0 Å². The third-order valence-electron chi connectivity index (χ3n) is 1.21. The van der Waals surface area contributed by atoms with Gasteiger partial charge < -0.3 is 9.47 Å². The standard InChI is InChI=1S/C7H16O5S/c1-7(11-5-4-10-2)6-12-13(3,8)9/h7H,4-6H2,1-3H3. The van der Waals surface area contributed by atoms with E-state index in [4.69, 9.17) is 9.47 Å². The third-order valence-corrected chi connectivity index (χ3v) is 1.77. The van der Waals surface area contributed by atoms with Gasteiger partial charge in [0.2, 0.25) is 0 Å². The topological polar surface area (TPSA) is 61.8 Å². The van der Waals surface area contributed by atoms with Gasteiger partial charge in [0.25, 0.3) is 10.1 Å². The fourth-order valence-corrected chi connectivity index (χ4v) is 1.04. The maximum atomic E-state index is 10.6. The summed E-state index contributed by atoms with van der Waals surface area (Å²) < 4.78 is 35.6. The molecule has 0 rings (SSSR count). The molecule has 0 saturated heterocycles. The maximum Gasteiger partial charge on any atom is 0.264 e. The van der Waals surface area contributed by atoms with Crippen molar-refractivity contribution in [1.29, 1.82) is 0 Å². The Balaban J connectivity index is 3.46. The quantitative estimate of drug-likeness (QED) is 0.439. The average molecular weight is 212 g/mol. The Bertz CT molecular complexity index is 211. The molecule has 0 aliphatic rings. The van der Waals surface area contributed by atoms with Gasteiger partial charge in [0.05, 0.1) is 32.2 Å². The summed E-state index contributed by atoms with van der Waals surface area (Å²) in [5.74, 6) is 0. The van der Waals surface area contributed by atoms with Crippen LogP contribution < -0.4 is 0 Å². The first-order chi connectivity index (χ1) is 5.95. The van der Waals surface area contributed by atoms with Crippen molar-refractivity contribution in [1.82, 2.24) is 0 Å². The second kappa shape index (κ2) is 6.31. The van der Waals surface area contributed by atoms with Crippen LogP contribution in [-0.4, -0.2) is 47.7 Å². The van der Waals surface area contributed by atoms with Gasteiger partial charge in [-0.3, -0.25) is 4.18 Å². The molecule has 5 nitrogen and oxygen atoms in total. The predicted molar refractivity (Wildman–Crippen MR) is 48.1 cm³/mol. The molecule has 1 atom stereocenters. The van der Waals surface area contributed by atoms with E-state index in [0.29, 0.717) is 13.2 Å². The highest BCUT2D eigenvalue weighted by Crippen LogP contribution is 1.95. The molecule has 0 aromatic carbocycles. The molecule has 0 N–H and O–H groups in total. The smallest absolute Gasteiger partial charge is 0.264 e. The zero-order valence-electron chi connectivity index (χ0n) is 8.15.